The molecule has 7 heteroatoms. The summed E-state index contributed by atoms with van der Waals surface area (Å²) in [5.41, 5.74) is 0.912. The van der Waals surface area contributed by atoms with E-state index >= 15 is 0 Å². The van der Waals surface area contributed by atoms with E-state index in [0.29, 0.717) is 29.4 Å². The summed E-state index contributed by atoms with van der Waals surface area (Å²) >= 11 is 0. The number of unbranched alkanes of at least 4 members (excludes halogenated alkanes) is 2. The molecular formula is C25H29NO6. The fourth-order valence-corrected chi connectivity index (χ4v) is 4.02. The normalized spacial score (nSPS) is 17.5. The maximum Gasteiger partial charge on any atom is 0.295 e. The summed E-state index contributed by atoms with van der Waals surface area (Å²) in [7, 11) is 4.49. The molecule has 7 nitrogen and oxygen atoms in total. The lowest BCUT2D eigenvalue weighted by molar-refractivity contribution is -0.139. The third-order valence-corrected chi connectivity index (χ3v) is 5.62. The van der Waals surface area contributed by atoms with Gasteiger partial charge in [-0.25, -0.2) is 0 Å². The molecule has 0 aliphatic carbocycles. The highest BCUT2D eigenvalue weighted by atomic mass is 16.5. The Morgan fingerprint density at radius 2 is 1.62 bits per heavy atom. The van der Waals surface area contributed by atoms with Gasteiger partial charge >= 0.3 is 0 Å². The van der Waals surface area contributed by atoms with Gasteiger partial charge in [0, 0.05) is 6.54 Å². The van der Waals surface area contributed by atoms with Crippen LogP contribution >= 0.6 is 0 Å². The number of rotatable bonds is 9. The minimum atomic E-state index is -0.753. The zero-order valence-electron chi connectivity index (χ0n) is 18.9. The number of Topliss-reactive ketones (excluding diaryl/α,β-unsaturated/α-hetero) is 1. The number of amides is 1. The lowest BCUT2D eigenvalue weighted by atomic mass is 9.94. The monoisotopic (exact) mass is 439 g/mol. The van der Waals surface area contributed by atoms with Gasteiger partial charge in [0.05, 0.1) is 32.9 Å². The lowest BCUT2D eigenvalue weighted by Gasteiger charge is -2.26. The molecular weight excluding hydrogens is 410 g/mol. The maximum absolute atomic E-state index is 13.2. The molecule has 2 aromatic carbocycles. The first-order valence-electron chi connectivity index (χ1n) is 10.6. The van der Waals surface area contributed by atoms with Gasteiger partial charge < -0.3 is 24.2 Å². The molecule has 170 valence electrons. The molecule has 1 amide bonds. The fourth-order valence-electron chi connectivity index (χ4n) is 4.02. The van der Waals surface area contributed by atoms with E-state index in [1.165, 1.54) is 19.1 Å². The Balaban J connectivity index is 2.23. The second-order valence-electron chi connectivity index (χ2n) is 7.51. The van der Waals surface area contributed by atoms with Crippen LogP contribution in [0.25, 0.3) is 5.76 Å². The van der Waals surface area contributed by atoms with Gasteiger partial charge in [0.25, 0.3) is 11.7 Å². The van der Waals surface area contributed by atoms with Gasteiger partial charge in [-0.15, -0.1) is 0 Å². The van der Waals surface area contributed by atoms with Gasteiger partial charge in [-0.1, -0.05) is 38.0 Å². The van der Waals surface area contributed by atoms with Crippen LogP contribution in [0, 0.1) is 0 Å². The first kappa shape index (κ1) is 23.2. The number of carbonyl (C=O) groups is 2. The molecule has 1 aliphatic rings. The number of ether oxygens (including phenoxy) is 3. The molecule has 1 heterocycles. The van der Waals surface area contributed by atoms with Gasteiger partial charge in [-0.2, -0.15) is 0 Å². The molecule has 1 atom stereocenters. The zero-order chi connectivity index (χ0) is 23.3. The summed E-state index contributed by atoms with van der Waals surface area (Å²) in [5.74, 6) is -0.434. The van der Waals surface area contributed by atoms with Crippen molar-refractivity contribution in [2.75, 3.05) is 27.9 Å². The Kier molecular flexibility index (Phi) is 7.41. The predicted molar refractivity (Wildman–Crippen MR) is 121 cm³/mol. The van der Waals surface area contributed by atoms with Crippen LogP contribution in [0.2, 0.25) is 0 Å². The van der Waals surface area contributed by atoms with E-state index < -0.39 is 17.7 Å². The van der Waals surface area contributed by atoms with Crippen molar-refractivity contribution in [2.45, 2.75) is 32.2 Å². The third-order valence-electron chi connectivity index (χ3n) is 5.62. The first-order chi connectivity index (χ1) is 15.5. The molecule has 1 saturated heterocycles. The van der Waals surface area contributed by atoms with Gasteiger partial charge in [0.2, 0.25) is 0 Å². The SMILES string of the molecule is CCCCCN1C(=O)C(=O)/C(=C(/O)c2c(OC)cccc2OC)C1c1cccc(OC)c1. The molecule has 1 aliphatic heterocycles. The van der Waals surface area contributed by atoms with E-state index in [1.807, 2.05) is 6.07 Å². The molecule has 2 aromatic rings. The Bertz CT molecular complexity index is 1010. The van der Waals surface area contributed by atoms with Gasteiger partial charge in [0.15, 0.2) is 0 Å². The van der Waals surface area contributed by atoms with E-state index in [1.54, 1.807) is 43.5 Å². The van der Waals surface area contributed by atoms with Crippen molar-refractivity contribution in [1.82, 2.24) is 4.90 Å². The number of aliphatic hydroxyl groups excluding tert-OH is 1. The largest absolute Gasteiger partial charge is 0.506 e. The second kappa shape index (κ2) is 10.2. The van der Waals surface area contributed by atoms with Crippen molar-refractivity contribution < 1.29 is 28.9 Å². The van der Waals surface area contributed by atoms with Crippen molar-refractivity contribution in [3.63, 3.8) is 0 Å². The van der Waals surface area contributed by atoms with E-state index in [0.717, 1.165) is 19.3 Å². The van der Waals surface area contributed by atoms with E-state index in [-0.39, 0.29) is 16.9 Å². The average molecular weight is 440 g/mol. The van der Waals surface area contributed by atoms with Crippen LogP contribution in [0.15, 0.2) is 48.0 Å². The minimum Gasteiger partial charge on any atom is -0.506 e. The number of hydrogen-bond donors (Lipinski definition) is 1. The summed E-state index contributed by atoms with van der Waals surface area (Å²) in [4.78, 5) is 27.7. The number of carbonyl (C=O) groups excluding carboxylic acids is 2. The summed E-state index contributed by atoms with van der Waals surface area (Å²) < 4.78 is 16.2. The van der Waals surface area contributed by atoms with Gasteiger partial charge in [-0.05, 0) is 36.2 Å². The molecule has 0 bridgehead atoms. The van der Waals surface area contributed by atoms with Crippen molar-refractivity contribution in [3.05, 3.63) is 59.2 Å². The van der Waals surface area contributed by atoms with Crippen molar-refractivity contribution in [1.29, 1.82) is 0 Å². The number of aliphatic hydroxyl groups is 1. The van der Waals surface area contributed by atoms with Crippen molar-refractivity contribution in [2.24, 2.45) is 0 Å². The quantitative estimate of drug-likeness (QED) is 0.271. The van der Waals surface area contributed by atoms with Gasteiger partial charge in [-0.3, -0.25) is 9.59 Å². The summed E-state index contributed by atoms with van der Waals surface area (Å²) in [6.07, 6.45) is 2.66. The first-order valence-corrected chi connectivity index (χ1v) is 10.6. The van der Waals surface area contributed by atoms with Crippen LogP contribution in [-0.4, -0.2) is 49.6 Å². The van der Waals surface area contributed by atoms with Crippen molar-refractivity contribution >= 4 is 17.4 Å². The highest BCUT2D eigenvalue weighted by molar-refractivity contribution is 6.46. The summed E-state index contributed by atoms with van der Waals surface area (Å²) in [6, 6.07) is 11.5. The standard InChI is InChI=1S/C25H29NO6/c1-5-6-7-14-26-22(16-10-8-11-17(15-16)30-2)21(24(28)25(26)29)23(27)20-18(31-3)12-9-13-19(20)32-4/h8-13,15,22,27H,5-7,14H2,1-4H3/b23-21+. The predicted octanol–water partition coefficient (Wildman–Crippen LogP) is 4.32. The number of benzene rings is 2. The van der Waals surface area contributed by atoms with Crippen molar-refractivity contribution in [3.8, 4) is 17.2 Å². The Morgan fingerprint density at radius 1 is 0.969 bits per heavy atom. The lowest BCUT2D eigenvalue weighted by Crippen LogP contribution is -2.30. The number of hydrogen-bond acceptors (Lipinski definition) is 6. The van der Waals surface area contributed by atoms with E-state index in [9.17, 15) is 14.7 Å². The highest BCUT2D eigenvalue weighted by Crippen LogP contribution is 2.43. The molecule has 3 rings (SSSR count). The molecule has 1 N–H and O–H groups in total. The van der Waals surface area contributed by atoms with Crippen LogP contribution in [0.3, 0.4) is 0 Å². The highest BCUT2D eigenvalue weighted by Gasteiger charge is 2.46. The Morgan fingerprint density at radius 3 is 2.22 bits per heavy atom. The van der Waals surface area contributed by atoms with Crippen LogP contribution in [0.4, 0.5) is 0 Å². The number of nitrogens with zero attached hydrogens (tertiary/aromatic N) is 1. The molecule has 0 spiro atoms. The molecule has 0 radical (unpaired) electrons. The number of methoxy groups -OCH3 is 3. The maximum atomic E-state index is 13.2. The smallest absolute Gasteiger partial charge is 0.295 e. The zero-order valence-corrected chi connectivity index (χ0v) is 18.9. The van der Waals surface area contributed by atoms with Crippen LogP contribution in [-0.2, 0) is 9.59 Å². The third kappa shape index (κ3) is 4.28. The fraction of sp³-hybridized carbons (Fsp3) is 0.360. The molecule has 0 saturated carbocycles. The molecule has 32 heavy (non-hydrogen) atoms. The second-order valence-corrected chi connectivity index (χ2v) is 7.51. The molecule has 1 unspecified atom stereocenters. The molecule has 0 aromatic heterocycles. The molecule has 1 fully saturated rings. The summed E-state index contributed by atoms with van der Waals surface area (Å²) in [6.45, 7) is 2.47. The van der Waals surface area contributed by atoms with Crippen LogP contribution in [0.5, 0.6) is 17.2 Å². The Hall–Kier alpha value is -3.48. The van der Waals surface area contributed by atoms with E-state index in [4.69, 9.17) is 14.2 Å². The van der Waals surface area contributed by atoms with Crippen LogP contribution < -0.4 is 14.2 Å². The van der Waals surface area contributed by atoms with Gasteiger partial charge in [0.1, 0.15) is 28.6 Å². The summed E-state index contributed by atoms with van der Waals surface area (Å²) in [5, 5.41) is 11.4. The number of likely N-dealkylation sites (tertiary alicyclic amines) is 1. The average Bonchev–Trinajstić information content (AvgIpc) is 3.08. The Labute approximate surface area is 188 Å². The topological polar surface area (TPSA) is 85.3 Å². The van der Waals surface area contributed by atoms with E-state index in [2.05, 4.69) is 6.92 Å². The van der Waals surface area contributed by atoms with Crippen LogP contribution in [0.1, 0.15) is 43.4 Å². The number of ketones is 1. The minimum absolute atomic E-state index is 0.00236.